The predicted molar refractivity (Wildman–Crippen MR) is 253 cm³/mol. The Bertz CT molecular complexity index is 1510. The molecule has 0 amide bonds. The van der Waals surface area contributed by atoms with E-state index in [9.17, 15) is 0 Å². The molecule has 57 heavy (non-hydrogen) atoms. The van der Waals surface area contributed by atoms with Gasteiger partial charge in [0.15, 0.2) is 0 Å². The molecule has 312 valence electrons. The van der Waals surface area contributed by atoms with Crippen LogP contribution in [0.5, 0.6) is 0 Å². The van der Waals surface area contributed by atoms with Crippen molar-refractivity contribution in [3.8, 4) is 0 Å². The maximum atomic E-state index is 6.13. The van der Waals surface area contributed by atoms with Crippen molar-refractivity contribution in [1.29, 1.82) is 0 Å². The Balaban J connectivity index is 1.10. The summed E-state index contributed by atoms with van der Waals surface area (Å²) in [5, 5.41) is 0. The molecule has 0 radical (unpaired) electrons. The van der Waals surface area contributed by atoms with Crippen LogP contribution in [0.2, 0.25) is 0 Å². The first kappa shape index (κ1) is 46.2. The fourth-order valence-electron chi connectivity index (χ4n) is 9.17. The Morgan fingerprint density at radius 2 is 0.684 bits per heavy atom. The molecule has 0 aliphatic heterocycles. The first-order valence-electron chi connectivity index (χ1n) is 23.8. The van der Waals surface area contributed by atoms with Gasteiger partial charge in [-0.25, -0.2) is 0 Å². The molecule has 0 spiro atoms. The summed E-state index contributed by atoms with van der Waals surface area (Å²) in [6.07, 6.45) is 33.1. The van der Waals surface area contributed by atoms with Gasteiger partial charge in [0.05, 0.1) is 0 Å². The molecule has 2 atom stereocenters. The maximum Gasteiger partial charge on any atom is 0.0316 e. The first-order valence-corrected chi connectivity index (χ1v) is 23.8. The Kier molecular flexibility index (Phi) is 22.1. The van der Waals surface area contributed by atoms with Crippen molar-refractivity contribution in [3.63, 3.8) is 0 Å². The van der Waals surface area contributed by atoms with Crippen LogP contribution in [0.15, 0.2) is 84.9 Å². The lowest BCUT2D eigenvalue weighted by atomic mass is 9.84. The average Bonchev–Trinajstić information content (AvgIpc) is 3.21. The largest absolute Gasteiger partial charge is 0.399 e. The minimum absolute atomic E-state index is 0.459. The van der Waals surface area contributed by atoms with E-state index in [1.54, 1.807) is 0 Å². The normalized spacial score (nSPS) is 12.6. The van der Waals surface area contributed by atoms with Crippen LogP contribution >= 0.6 is 0 Å². The fourth-order valence-corrected chi connectivity index (χ4v) is 9.17. The highest BCUT2D eigenvalue weighted by Crippen LogP contribution is 2.35. The third kappa shape index (κ3) is 17.1. The monoisotopic (exact) mass is 771 g/mol. The number of hydrogen-bond donors (Lipinski definition) is 2. The molecule has 0 aliphatic rings. The van der Waals surface area contributed by atoms with Gasteiger partial charge in [0, 0.05) is 23.2 Å². The number of aryl methyl sites for hydroxylation is 4. The summed E-state index contributed by atoms with van der Waals surface area (Å²) in [4.78, 5) is 0. The van der Waals surface area contributed by atoms with Crippen LogP contribution in [-0.2, 0) is 12.8 Å². The summed E-state index contributed by atoms with van der Waals surface area (Å²) in [6.45, 7) is 9.05. The van der Waals surface area contributed by atoms with Gasteiger partial charge in [0.2, 0.25) is 0 Å². The topological polar surface area (TPSA) is 52.0 Å². The summed E-state index contributed by atoms with van der Waals surface area (Å²) in [5.74, 6) is 0.918. The van der Waals surface area contributed by atoms with Crippen LogP contribution in [0.3, 0.4) is 0 Å². The molecule has 0 saturated carbocycles. The Morgan fingerprint density at radius 1 is 0.368 bits per heavy atom. The summed E-state index contributed by atoms with van der Waals surface area (Å²) in [7, 11) is 0. The highest BCUT2D eigenvalue weighted by atomic mass is 14.5. The zero-order chi connectivity index (χ0) is 40.5. The van der Waals surface area contributed by atoms with E-state index in [1.165, 1.54) is 205 Å². The van der Waals surface area contributed by atoms with Crippen molar-refractivity contribution in [2.75, 3.05) is 11.5 Å². The van der Waals surface area contributed by atoms with Crippen molar-refractivity contribution in [1.82, 2.24) is 0 Å². The van der Waals surface area contributed by atoms with Gasteiger partial charge in [0.1, 0.15) is 0 Å². The van der Waals surface area contributed by atoms with Crippen LogP contribution in [0.1, 0.15) is 218 Å². The molecule has 0 aromatic heterocycles. The molecular weight excluding hydrogens is 689 g/mol. The van der Waals surface area contributed by atoms with Crippen molar-refractivity contribution in [2.24, 2.45) is 0 Å². The molecule has 4 rings (SSSR count). The molecule has 4 aromatic carbocycles. The number of nitrogens with two attached hydrogens (primary N) is 2. The van der Waals surface area contributed by atoms with Gasteiger partial charge < -0.3 is 11.5 Å². The summed E-state index contributed by atoms with van der Waals surface area (Å²) in [5.41, 5.74) is 25.4. The quantitative estimate of drug-likeness (QED) is 0.0410. The Hall–Kier alpha value is -3.52. The number of unbranched alkanes of at least 4 members (excludes halogenated alkanes) is 18. The summed E-state index contributed by atoms with van der Waals surface area (Å²) < 4.78 is 0. The van der Waals surface area contributed by atoms with Crippen molar-refractivity contribution in [2.45, 2.75) is 200 Å². The number of hydrogen-bond acceptors (Lipinski definition) is 2. The van der Waals surface area contributed by atoms with Crippen molar-refractivity contribution < 1.29 is 0 Å². The predicted octanol–water partition coefficient (Wildman–Crippen LogP) is 16.5. The summed E-state index contributed by atoms with van der Waals surface area (Å²) in [6, 6.07) is 32.3. The van der Waals surface area contributed by atoms with Gasteiger partial charge >= 0.3 is 0 Å². The molecule has 0 saturated heterocycles. The van der Waals surface area contributed by atoms with Crippen LogP contribution in [-0.4, -0.2) is 0 Å². The van der Waals surface area contributed by atoms with Gasteiger partial charge in [-0.1, -0.05) is 197 Å². The Labute approximate surface area is 351 Å². The van der Waals surface area contributed by atoms with Gasteiger partial charge in [-0.05, 0) is 121 Å². The van der Waals surface area contributed by atoms with Crippen LogP contribution in [0.25, 0.3) is 0 Å². The molecule has 0 heterocycles. The maximum absolute atomic E-state index is 6.13. The molecule has 0 fully saturated rings. The van der Waals surface area contributed by atoms with E-state index in [1.807, 2.05) is 0 Å². The van der Waals surface area contributed by atoms with E-state index >= 15 is 0 Å². The van der Waals surface area contributed by atoms with E-state index in [4.69, 9.17) is 11.5 Å². The number of anilines is 2. The molecular formula is C55H82N2. The van der Waals surface area contributed by atoms with Gasteiger partial charge in [-0.2, -0.15) is 0 Å². The van der Waals surface area contributed by atoms with Gasteiger partial charge in [-0.3, -0.25) is 0 Å². The second-order valence-electron chi connectivity index (χ2n) is 17.6. The minimum Gasteiger partial charge on any atom is -0.399 e. The number of benzene rings is 4. The molecule has 0 aliphatic carbocycles. The molecule has 4 aromatic rings. The first-order chi connectivity index (χ1) is 27.9. The SMILES string of the molecule is CCCCCCCCC(c1ccc(CCCCCCCCCCCc2ccc(C(CCCCCCCC)c3ccc(N)cc3C)cc2)cc1)c1ccc(N)cc1C. The highest BCUT2D eigenvalue weighted by molar-refractivity contribution is 5.49. The number of rotatable bonds is 30. The van der Waals surface area contributed by atoms with Crippen molar-refractivity contribution >= 4 is 11.4 Å². The molecule has 0 bridgehead atoms. The molecule has 2 unspecified atom stereocenters. The average molecular weight is 771 g/mol. The van der Waals surface area contributed by atoms with Crippen molar-refractivity contribution in [3.05, 3.63) is 129 Å². The molecule has 2 heteroatoms. The van der Waals surface area contributed by atoms with Gasteiger partial charge in [0.25, 0.3) is 0 Å². The zero-order valence-electron chi connectivity index (χ0n) is 37.1. The van der Waals surface area contributed by atoms with E-state index in [2.05, 4.69) is 113 Å². The van der Waals surface area contributed by atoms with Crippen LogP contribution in [0, 0.1) is 13.8 Å². The van der Waals surface area contributed by atoms with E-state index in [0.29, 0.717) is 11.8 Å². The van der Waals surface area contributed by atoms with E-state index in [-0.39, 0.29) is 0 Å². The van der Waals surface area contributed by atoms with Crippen LogP contribution < -0.4 is 11.5 Å². The number of nitrogen functional groups attached to an aromatic ring is 2. The van der Waals surface area contributed by atoms with Crippen LogP contribution in [0.4, 0.5) is 11.4 Å². The summed E-state index contributed by atoms with van der Waals surface area (Å²) >= 11 is 0. The lowest BCUT2D eigenvalue weighted by Gasteiger charge is -2.21. The lowest BCUT2D eigenvalue weighted by molar-refractivity contribution is 0.558. The Morgan fingerprint density at radius 3 is 1.02 bits per heavy atom. The van der Waals surface area contributed by atoms with Gasteiger partial charge in [-0.15, -0.1) is 0 Å². The second kappa shape index (κ2) is 27.2. The smallest absolute Gasteiger partial charge is 0.0316 e. The zero-order valence-corrected chi connectivity index (χ0v) is 37.1. The standard InChI is InChI=1S/C55H82N2/c1-5-7-9-11-20-24-28-54(52-40-38-50(56)42-44(52)3)48-34-30-46(31-35-48)26-22-18-16-14-13-15-17-19-23-27-47-32-36-49(37-33-47)55(29-25-21-12-10-8-6-2)53-41-39-51(57)43-45(53)4/h30-43,54-55H,5-29,56-57H2,1-4H3. The minimum atomic E-state index is 0.459. The fraction of sp³-hybridized carbons (Fsp3) is 0.564. The van der Waals surface area contributed by atoms with E-state index < -0.39 is 0 Å². The highest BCUT2D eigenvalue weighted by Gasteiger charge is 2.18. The molecule has 4 N–H and O–H groups in total. The second-order valence-corrected chi connectivity index (χ2v) is 17.6. The van der Waals surface area contributed by atoms with E-state index in [0.717, 1.165) is 11.4 Å². The third-order valence-corrected chi connectivity index (χ3v) is 12.7. The lowest BCUT2D eigenvalue weighted by Crippen LogP contribution is -2.05. The third-order valence-electron chi connectivity index (χ3n) is 12.7. The molecule has 2 nitrogen and oxygen atoms in total.